The van der Waals surface area contributed by atoms with Crippen molar-refractivity contribution < 1.29 is 13.9 Å². The second-order valence-electron chi connectivity index (χ2n) is 4.57. The summed E-state index contributed by atoms with van der Waals surface area (Å²) < 4.78 is 19.1. The first-order valence-corrected chi connectivity index (χ1v) is 7.15. The Hall–Kier alpha value is -1.73. The SMILES string of the molecule is CC#CCC(C)N(Cc1cccc(OC)c1F)C(=O)CCl. The number of methoxy groups -OCH3 is 1. The number of hydrogen-bond acceptors (Lipinski definition) is 2. The van der Waals surface area contributed by atoms with Gasteiger partial charge in [0.1, 0.15) is 5.88 Å². The number of hydrogen-bond donors (Lipinski definition) is 0. The highest BCUT2D eigenvalue weighted by Crippen LogP contribution is 2.22. The molecule has 0 saturated carbocycles. The highest BCUT2D eigenvalue weighted by molar-refractivity contribution is 6.27. The number of carbonyl (C=O) groups excluding carboxylic acids is 1. The Morgan fingerprint density at radius 3 is 2.81 bits per heavy atom. The highest BCUT2D eigenvalue weighted by Gasteiger charge is 2.21. The molecule has 1 amide bonds. The van der Waals surface area contributed by atoms with E-state index < -0.39 is 5.82 Å². The average molecular weight is 312 g/mol. The number of halogens is 2. The molecule has 1 atom stereocenters. The van der Waals surface area contributed by atoms with E-state index in [-0.39, 0.29) is 30.1 Å². The maximum absolute atomic E-state index is 14.2. The van der Waals surface area contributed by atoms with Crippen molar-refractivity contribution in [3.8, 4) is 17.6 Å². The van der Waals surface area contributed by atoms with Gasteiger partial charge in [0, 0.05) is 24.6 Å². The lowest BCUT2D eigenvalue weighted by molar-refractivity contribution is -0.131. The lowest BCUT2D eigenvalue weighted by Crippen LogP contribution is -2.39. The molecule has 0 N–H and O–H groups in total. The summed E-state index contributed by atoms with van der Waals surface area (Å²) in [5, 5.41) is 0. The minimum absolute atomic E-state index is 0.140. The van der Waals surface area contributed by atoms with Gasteiger partial charge in [0.2, 0.25) is 5.91 Å². The fourth-order valence-corrected chi connectivity index (χ4v) is 2.10. The molecule has 1 aromatic carbocycles. The number of amides is 1. The van der Waals surface area contributed by atoms with Crippen LogP contribution in [0.4, 0.5) is 4.39 Å². The molecule has 1 rings (SSSR count). The summed E-state index contributed by atoms with van der Waals surface area (Å²) in [7, 11) is 1.41. The van der Waals surface area contributed by atoms with Crippen LogP contribution in [0.3, 0.4) is 0 Å². The van der Waals surface area contributed by atoms with Crippen LogP contribution in [0.5, 0.6) is 5.75 Å². The summed E-state index contributed by atoms with van der Waals surface area (Å²) >= 11 is 5.64. The van der Waals surface area contributed by atoms with Crippen LogP contribution in [0, 0.1) is 17.7 Å². The predicted octanol–water partition coefficient (Wildman–Crippen LogP) is 3.20. The summed E-state index contributed by atoms with van der Waals surface area (Å²) in [6.45, 7) is 3.75. The molecule has 0 saturated heterocycles. The van der Waals surface area contributed by atoms with Gasteiger partial charge in [-0.15, -0.1) is 23.4 Å². The van der Waals surface area contributed by atoms with Crippen LogP contribution in [0.2, 0.25) is 0 Å². The summed E-state index contributed by atoms with van der Waals surface area (Å²) in [5.41, 5.74) is 0.393. The molecule has 0 bridgehead atoms. The molecule has 0 aliphatic carbocycles. The Balaban J connectivity index is 3.00. The smallest absolute Gasteiger partial charge is 0.238 e. The minimum atomic E-state index is -0.457. The van der Waals surface area contributed by atoms with E-state index in [1.54, 1.807) is 25.1 Å². The monoisotopic (exact) mass is 311 g/mol. The molecule has 1 unspecified atom stereocenters. The van der Waals surface area contributed by atoms with Crippen molar-refractivity contribution in [3.05, 3.63) is 29.6 Å². The first kappa shape index (κ1) is 17.3. The largest absolute Gasteiger partial charge is 0.494 e. The Morgan fingerprint density at radius 2 is 2.24 bits per heavy atom. The number of carbonyl (C=O) groups is 1. The van der Waals surface area contributed by atoms with Crippen LogP contribution in [0.1, 0.15) is 25.8 Å². The number of ether oxygens (including phenoxy) is 1. The van der Waals surface area contributed by atoms with Crippen LogP contribution < -0.4 is 4.74 Å². The van der Waals surface area contributed by atoms with Crippen molar-refractivity contribution in [2.24, 2.45) is 0 Å². The number of alkyl halides is 1. The molecular formula is C16H19ClFNO2. The standard InChI is InChI=1S/C16H19ClFNO2/c1-4-5-7-12(2)19(15(20)10-17)11-13-8-6-9-14(21-3)16(13)18/h6,8-9,12H,7,10-11H2,1-3H3. The first-order valence-electron chi connectivity index (χ1n) is 6.61. The summed E-state index contributed by atoms with van der Waals surface area (Å²) in [6.07, 6.45) is 0.519. The molecule has 0 spiro atoms. The number of nitrogens with zero attached hydrogens (tertiary/aromatic N) is 1. The van der Waals surface area contributed by atoms with Gasteiger partial charge < -0.3 is 9.64 Å². The Bertz CT molecular complexity index is 551. The molecule has 0 aromatic heterocycles. The van der Waals surface area contributed by atoms with Gasteiger partial charge in [0.05, 0.1) is 7.11 Å². The van der Waals surface area contributed by atoms with Gasteiger partial charge in [-0.1, -0.05) is 12.1 Å². The molecule has 1 aromatic rings. The molecule has 114 valence electrons. The van der Waals surface area contributed by atoms with E-state index in [4.69, 9.17) is 16.3 Å². The van der Waals surface area contributed by atoms with Crippen LogP contribution in [0.25, 0.3) is 0 Å². The second-order valence-corrected chi connectivity index (χ2v) is 4.84. The van der Waals surface area contributed by atoms with Gasteiger partial charge in [-0.05, 0) is 19.9 Å². The van der Waals surface area contributed by atoms with Crippen molar-refractivity contribution in [2.45, 2.75) is 32.9 Å². The molecular weight excluding hydrogens is 293 g/mol. The molecule has 0 aliphatic rings. The summed E-state index contributed by atoms with van der Waals surface area (Å²) in [5.74, 6) is 5.03. The third kappa shape index (κ3) is 4.64. The maximum Gasteiger partial charge on any atom is 0.238 e. The fraction of sp³-hybridized carbons (Fsp3) is 0.438. The van der Waals surface area contributed by atoms with Crippen LogP contribution >= 0.6 is 11.6 Å². The Morgan fingerprint density at radius 1 is 1.52 bits per heavy atom. The number of rotatable bonds is 6. The quantitative estimate of drug-likeness (QED) is 0.596. The maximum atomic E-state index is 14.2. The zero-order valence-electron chi connectivity index (χ0n) is 12.5. The molecule has 0 radical (unpaired) electrons. The van der Waals surface area contributed by atoms with E-state index in [1.807, 2.05) is 6.92 Å². The lowest BCUT2D eigenvalue weighted by Gasteiger charge is -2.28. The van der Waals surface area contributed by atoms with Crippen LogP contribution in [-0.2, 0) is 11.3 Å². The van der Waals surface area contributed by atoms with Gasteiger partial charge in [-0.2, -0.15) is 0 Å². The first-order chi connectivity index (χ1) is 10.0. The zero-order valence-corrected chi connectivity index (χ0v) is 13.2. The van der Waals surface area contributed by atoms with Crippen molar-refractivity contribution in [2.75, 3.05) is 13.0 Å². The lowest BCUT2D eigenvalue weighted by atomic mass is 10.1. The third-order valence-corrected chi connectivity index (χ3v) is 3.37. The predicted molar refractivity (Wildman–Crippen MR) is 81.8 cm³/mol. The number of benzene rings is 1. The van der Waals surface area contributed by atoms with Gasteiger partial charge in [-0.3, -0.25) is 4.79 Å². The third-order valence-electron chi connectivity index (χ3n) is 3.14. The Labute approximate surface area is 130 Å². The van der Waals surface area contributed by atoms with Crippen molar-refractivity contribution >= 4 is 17.5 Å². The van der Waals surface area contributed by atoms with Crippen LogP contribution in [0.15, 0.2) is 18.2 Å². The van der Waals surface area contributed by atoms with E-state index in [0.717, 1.165) is 0 Å². The molecule has 0 fully saturated rings. The molecule has 0 heterocycles. The molecule has 21 heavy (non-hydrogen) atoms. The molecule has 0 aliphatic heterocycles. The molecule has 3 nitrogen and oxygen atoms in total. The van der Waals surface area contributed by atoms with E-state index in [1.165, 1.54) is 12.0 Å². The van der Waals surface area contributed by atoms with Gasteiger partial charge >= 0.3 is 0 Å². The van der Waals surface area contributed by atoms with E-state index >= 15 is 0 Å². The summed E-state index contributed by atoms with van der Waals surface area (Å²) in [4.78, 5) is 13.5. The topological polar surface area (TPSA) is 29.5 Å². The second kappa shape index (κ2) is 8.53. The van der Waals surface area contributed by atoms with Crippen molar-refractivity contribution in [3.63, 3.8) is 0 Å². The Kier molecular flexibility index (Phi) is 7.04. The summed E-state index contributed by atoms with van der Waals surface area (Å²) in [6, 6.07) is 4.72. The minimum Gasteiger partial charge on any atom is -0.494 e. The van der Waals surface area contributed by atoms with E-state index in [0.29, 0.717) is 12.0 Å². The van der Waals surface area contributed by atoms with Gasteiger partial charge in [0.25, 0.3) is 0 Å². The van der Waals surface area contributed by atoms with Crippen molar-refractivity contribution in [1.29, 1.82) is 0 Å². The normalized spacial score (nSPS) is 11.3. The van der Waals surface area contributed by atoms with E-state index in [9.17, 15) is 9.18 Å². The fourth-order valence-electron chi connectivity index (χ4n) is 1.95. The highest BCUT2D eigenvalue weighted by atomic mass is 35.5. The molecule has 5 heteroatoms. The van der Waals surface area contributed by atoms with E-state index in [2.05, 4.69) is 11.8 Å². The van der Waals surface area contributed by atoms with Crippen molar-refractivity contribution in [1.82, 2.24) is 4.90 Å². The van der Waals surface area contributed by atoms with Gasteiger partial charge in [0.15, 0.2) is 11.6 Å². The van der Waals surface area contributed by atoms with Crippen LogP contribution in [-0.4, -0.2) is 29.8 Å². The van der Waals surface area contributed by atoms with Gasteiger partial charge in [-0.25, -0.2) is 4.39 Å². The zero-order chi connectivity index (χ0) is 15.8. The average Bonchev–Trinajstić information content (AvgIpc) is 2.50.